The molecule has 1 heterocycles. The average molecular weight is 317 g/mol. The van der Waals surface area contributed by atoms with E-state index >= 15 is 0 Å². The predicted octanol–water partition coefficient (Wildman–Crippen LogP) is 2.45. The summed E-state index contributed by atoms with van der Waals surface area (Å²) in [4.78, 5) is 24.2. The fourth-order valence-corrected chi connectivity index (χ4v) is 2.25. The number of hydrogen-bond acceptors (Lipinski definition) is 3. The van der Waals surface area contributed by atoms with Crippen LogP contribution in [0.5, 0.6) is 5.75 Å². The lowest BCUT2D eigenvalue weighted by Crippen LogP contribution is -2.55. The van der Waals surface area contributed by atoms with E-state index in [-0.39, 0.29) is 12.1 Å². The second-order valence-corrected chi connectivity index (χ2v) is 4.87. The Bertz CT molecular complexity index is 600. The van der Waals surface area contributed by atoms with Gasteiger partial charge < -0.3 is 14.7 Å². The number of alkyl halides is 3. The molecule has 1 saturated heterocycles. The summed E-state index contributed by atoms with van der Waals surface area (Å²) in [6.07, 6.45) is -4.21. The van der Waals surface area contributed by atoms with Crippen molar-refractivity contribution in [2.45, 2.75) is 32.2 Å². The number of rotatable bonds is 4. The van der Waals surface area contributed by atoms with Gasteiger partial charge in [-0.25, -0.2) is 4.79 Å². The molecule has 1 aromatic carbocycles. The van der Waals surface area contributed by atoms with Gasteiger partial charge in [-0.3, -0.25) is 4.79 Å². The Morgan fingerprint density at radius 3 is 2.55 bits per heavy atom. The smallest absolute Gasteiger partial charge is 0.480 e. The SMILES string of the molecule is CCc1ccc(C(=O)N2CC[C@@H]2C(=O)O)cc1OC(F)(F)F. The zero-order valence-corrected chi connectivity index (χ0v) is 11.7. The van der Waals surface area contributed by atoms with Crippen LogP contribution >= 0.6 is 0 Å². The van der Waals surface area contributed by atoms with Gasteiger partial charge >= 0.3 is 12.3 Å². The van der Waals surface area contributed by atoms with Crippen LogP contribution in [-0.2, 0) is 11.2 Å². The van der Waals surface area contributed by atoms with Gasteiger partial charge in [0.15, 0.2) is 0 Å². The van der Waals surface area contributed by atoms with E-state index in [1.807, 2.05) is 0 Å². The molecule has 0 saturated carbocycles. The molecule has 5 nitrogen and oxygen atoms in total. The molecule has 0 radical (unpaired) electrons. The molecule has 120 valence electrons. The monoisotopic (exact) mass is 317 g/mol. The first kappa shape index (κ1) is 16.1. The maximum atomic E-state index is 12.4. The quantitative estimate of drug-likeness (QED) is 0.926. The minimum Gasteiger partial charge on any atom is -0.480 e. The van der Waals surface area contributed by atoms with Crippen LogP contribution < -0.4 is 4.74 Å². The minimum atomic E-state index is -4.86. The Hall–Kier alpha value is -2.25. The van der Waals surface area contributed by atoms with Crippen molar-refractivity contribution in [2.24, 2.45) is 0 Å². The minimum absolute atomic E-state index is 0.0256. The second-order valence-electron chi connectivity index (χ2n) is 4.87. The highest BCUT2D eigenvalue weighted by Gasteiger charge is 2.38. The topological polar surface area (TPSA) is 66.8 Å². The molecular weight excluding hydrogens is 303 g/mol. The van der Waals surface area contributed by atoms with E-state index in [0.717, 1.165) is 11.0 Å². The summed E-state index contributed by atoms with van der Waals surface area (Å²) >= 11 is 0. The first-order valence-corrected chi connectivity index (χ1v) is 6.65. The van der Waals surface area contributed by atoms with Crippen molar-refractivity contribution < 1.29 is 32.6 Å². The number of ether oxygens (including phenoxy) is 1. The summed E-state index contributed by atoms with van der Waals surface area (Å²) < 4.78 is 41.1. The molecule has 1 fully saturated rings. The summed E-state index contributed by atoms with van der Waals surface area (Å²) in [7, 11) is 0. The second kappa shape index (κ2) is 5.86. The van der Waals surface area contributed by atoms with Crippen molar-refractivity contribution >= 4 is 11.9 Å². The van der Waals surface area contributed by atoms with Crippen LogP contribution in [0.3, 0.4) is 0 Å². The Morgan fingerprint density at radius 1 is 1.41 bits per heavy atom. The van der Waals surface area contributed by atoms with Gasteiger partial charge in [0, 0.05) is 12.1 Å². The van der Waals surface area contributed by atoms with Gasteiger partial charge in [-0.05, 0) is 30.5 Å². The van der Waals surface area contributed by atoms with Gasteiger partial charge in [0.25, 0.3) is 5.91 Å². The molecule has 0 bridgehead atoms. The summed E-state index contributed by atoms with van der Waals surface area (Å²) in [5.41, 5.74) is 0.287. The third kappa shape index (κ3) is 3.32. The number of aryl methyl sites for hydroxylation is 1. The number of carboxylic acid groups (broad SMARTS) is 1. The standard InChI is InChI=1S/C14H14F3NO4/c1-2-8-3-4-9(7-11(8)22-14(15,16)17)12(19)18-6-5-10(18)13(20)21/h3-4,7,10H,2,5-6H2,1H3,(H,20,21)/t10-/m1/s1. The maximum absolute atomic E-state index is 12.4. The Morgan fingerprint density at radius 2 is 2.09 bits per heavy atom. The van der Waals surface area contributed by atoms with Gasteiger partial charge in [-0.1, -0.05) is 13.0 Å². The van der Waals surface area contributed by atoms with Crippen LogP contribution in [0.25, 0.3) is 0 Å². The molecule has 0 aliphatic carbocycles. The largest absolute Gasteiger partial charge is 0.573 e. The first-order valence-electron chi connectivity index (χ1n) is 6.65. The molecule has 22 heavy (non-hydrogen) atoms. The fraction of sp³-hybridized carbons (Fsp3) is 0.429. The number of benzene rings is 1. The van der Waals surface area contributed by atoms with Crippen LogP contribution in [-0.4, -0.2) is 40.8 Å². The van der Waals surface area contributed by atoms with Crippen LogP contribution in [0.4, 0.5) is 13.2 Å². The van der Waals surface area contributed by atoms with E-state index in [0.29, 0.717) is 18.4 Å². The lowest BCUT2D eigenvalue weighted by atomic mass is 10.0. The first-order chi connectivity index (χ1) is 10.2. The molecule has 1 aliphatic heterocycles. The third-order valence-electron chi connectivity index (χ3n) is 3.49. The Kier molecular flexibility index (Phi) is 4.30. The number of halogens is 3. The van der Waals surface area contributed by atoms with Crippen molar-refractivity contribution in [3.63, 3.8) is 0 Å². The van der Waals surface area contributed by atoms with Crippen LogP contribution in [0.2, 0.25) is 0 Å². The molecule has 0 aromatic heterocycles. The maximum Gasteiger partial charge on any atom is 0.573 e. The third-order valence-corrected chi connectivity index (χ3v) is 3.49. The molecule has 0 spiro atoms. The molecule has 1 N–H and O–H groups in total. The molecular formula is C14H14F3NO4. The molecule has 1 aliphatic rings. The van der Waals surface area contributed by atoms with Gasteiger partial charge in [-0.2, -0.15) is 0 Å². The molecule has 1 aromatic rings. The van der Waals surface area contributed by atoms with Crippen molar-refractivity contribution in [3.8, 4) is 5.75 Å². The zero-order chi connectivity index (χ0) is 16.5. The fourth-order valence-electron chi connectivity index (χ4n) is 2.25. The molecule has 0 unspecified atom stereocenters. The van der Waals surface area contributed by atoms with Crippen molar-refractivity contribution in [1.29, 1.82) is 0 Å². The summed E-state index contributed by atoms with van der Waals surface area (Å²) in [5, 5.41) is 8.92. The highest BCUT2D eigenvalue weighted by atomic mass is 19.4. The van der Waals surface area contributed by atoms with E-state index in [2.05, 4.69) is 4.74 Å². The number of carboxylic acids is 1. The van der Waals surface area contributed by atoms with E-state index < -0.39 is 30.0 Å². The van der Waals surface area contributed by atoms with Crippen LogP contribution in [0.1, 0.15) is 29.3 Å². The summed E-state index contributed by atoms with van der Waals surface area (Å²) in [6, 6.07) is 2.84. The normalized spacial score (nSPS) is 17.8. The number of carbonyl (C=O) groups excluding carboxylic acids is 1. The van der Waals surface area contributed by atoms with E-state index in [4.69, 9.17) is 5.11 Å². The van der Waals surface area contributed by atoms with E-state index in [1.54, 1.807) is 6.92 Å². The predicted molar refractivity (Wildman–Crippen MR) is 69.6 cm³/mol. The number of nitrogens with zero attached hydrogens (tertiary/aromatic N) is 1. The van der Waals surface area contributed by atoms with Crippen molar-refractivity contribution in [2.75, 3.05) is 6.54 Å². The molecule has 8 heteroatoms. The molecule has 1 atom stereocenters. The summed E-state index contributed by atoms with van der Waals surface area (Å²) in [6.45, 7) is 1.93. The number of hydrogen-bond donors (Lipinski definition) is 1. The highest BCUT2D eigenvalue weighted by Crippen LogP contribution is 2.29. The molecule has 2 rings (SSSR count). The van der Waals surface area contributed by atoms with Crippen LogP contribution in [0.15, 0.2) is 18.2 Å². The summed E-state index contributed by atoms with van der Waals surface area (Å²) in [5.74, 6) is -2.18. The Balaban J connectivity index is 2.26. The van der Waals surface area contributed by atoms with E-state index in [1.165, 1.54) is 12.1 Å². The van der Waals surface area contributed by atoms with Crippen molar-refractivity contribution in [1.82, 2.24) is 4.90 Å². The number of carbonyl (C=O) groups is 2. The van der Waals surface area contributed by atoms with Gasteiger partial charge in [0.1, 0.15) is 11.8 Å². The van der Waals surface area contributed by atoms with Crippen LogP contribution in [0, 0.1) is 0 Å². The highest BCUT2D eigenvalue weighted by molar-refractivity contribution is 5.98. The van der Waals surface area contributed by atoms with Gasteiger partial charge in [0.2, 0.25) is 0 Å². The zero-order valence-electron chi connectivity index (χ0n) is 11.7. The number of amides is 1. The van der Waals surface area contributed by atoms with Gasteiger partial charge in [-0.15, -0.1) is 13.2 Å². The lowest BCUT2D eigenvalue weighted by molar-refractivity contribution is -0.274. The van der Waals surface area contributed by atoms with Gasteiger partial charge in [0.05, 0.1) is 0 Å². The number of aliphatic carboxylic acids is 1. The number of likely N-dealkylation sites (tertiary alicyclic amines) is 1. The Labute approximate surface area is 124 Å². The van der Waals surface area contributed by atoms with E-state index in [9.17, 15) is 22.8 Å². The van der Waals surface area contributed by atoms with Crippen molar-refractivity contribution in [3.05, 3.63) is 29.3 Å². The lowest BCUT2D eigenvalue weighted by Gasteiger charge is -2.38. The molecule has 1 amide bonds. The average Bonchev–Trinajstić information content (AvgIpc) is 2.34.